The van der Waals surface area contributed by atoms with Crippen LogP contribution in [0.2, 0.25) is 0 Å². The van der Waals surface area contributed by atoms with Crippen LogP contribution < -0.4 is 15.2 Å². The summed E-state index contributed by atoms with van der Waals surface area (Å²) in [6.07, 6.45) is 0.601. The molecule has 9 heteroatoms. The standard InChI is InChI=1S/C10H20N4O4S/c1-6(2)18-10(15)14-19(16,17)13-8-5-3-4-7(8)9(11)12/h6-8,13H,3-5H2,1-2H3,(H3,11,12)(H,14,15). The molecule has 0 spiro atoms. The smallest absolute Gasteiger partial charge is 0.422 e. The molecule has 0 heterocycles. The summed E-state index contributed by atoms with van der Waals surface area (Å²) < 4.78 is 32.2. The zero-order valence-electron chi connectivity index (χ0n) is 11.0. The van der Waals surface area contributed by atoms with Gasteiger partial charge in [0.2, 0.25) is 0 Å². The average Bonchev–Trinajstić information content (AvgIpc) is 2.61. The highest BCUT2D eigenvalue weighted by atomic mass is 32.2. The number of hydrogen-bond donors (Lipinski definition) is 4. The average molecular weight is 292 g/mol. The molecule has 8 nitrogen and oxygen atoms in total. The predicted octanol–water partition coefficient (Wildman–Crippen LogP) is 0.0601. The van der Waals surface area contributed by atoms with E-state index in [2.05, 4.69) is 9.46 Å². The van der Waals surface area contributed by atoms with Crippen molar-refractivity contribution in [3.05, 3.63) is 0 Å². The quantitative estimate of drug-likeness (QED) is 0.420. The Morgan fingerprint density at radius 1 is 1.42 bits per heavy atom. The van der Waals surface area contributed by atoms with E-state index in [1.165, 1.54) is 0 Å². The van der Waals surface area contributed by atoms with E-state index in [0.717, 1.165) is 6.42 Å². The zero-order chi connectivity index (χ0) is 14.6. The number of rotatable bonds is 5. The Hall–Kier alpha value is -1.35. The molecular weight excluding hydrogens is 272 g/mol. The van der Waals surface area contributed by atoms with Gasteiger partial charge in [-0.15, -0.1) is 0 Å². The van der Waals surface area contributed by atoms with Crippen LogP contribution in [0, 0.1) is 11.3 Å². The monoisotopic (exact) mass is 292 g/mol. The lowest BCUT2D eigenvalue weighted by atomic mass is 10.0. The van der Waals surface area contributed by atoms with Gasteiger partial charge in [-0.3, -0.25) is 5.41 Å². The third kappa shape index (κ3) is 5.03. The summed E-state index contributed by atoms with van der Waals surface area (Å²) in [5, 5.41) is 7.39. The molecule has 0 saturated heterocycles. The van der Waals surface area contributed by atoms with Crippen LogP contribution in [-0.2, 0) is 14.9 Å². The van der Waals surface area contributed by atoms with E-state index >= 15 is 0 Å². The lowest BCUT2D eigenvalue weighted by Crippen LogP contribution is -2.48. The second kappa shape index (κ2) is 6.20. The summed E-state index contributed by atoms with van der Waals surface area (Å²) in [5.41, 5.74) is 5.41. The van der Waals surface area contributed by atoms with E-state index in [-0.39, 0.29) is 11.8 Å². The third-order valence-corrected chi connectivity index (χ3v) is 3.83. The summed E-state index contributed by atoms with van der Waals surface area (Å²) in [5.74, 6) is -0.368. The first-order valence-electron chi connectivity index (χ1n) is 6.06. The SMILES string of the molecule is CC(C)OC(=O)NS(=O)(=O)NC1CCCC1C(=N)N. The minimum Gasteiger partial charge on any atom is -0.446 e. The molecular formula is C10H20N4O4S. The lowest BCUT2D eigenvalue weighted by Gasteiger charge is -2.20. The third-order valence-electron chi connectivity index (χ3n) is 2.78. The van der Waals surface area contributed by atoms with Gasteiger partial charge in [-0.25, -0.2) is 9.52 Å². The number of ether oxygens (including phenoxy) is 1. The molecule has 1 amide bonds. The van der Waals surface area contributed by atoms with Gasteiger partial charge in [0, 0.05) is 12.0 Å². The van der Waals surface area contributed by atoms with Crippen molar-refractivity contribution in [2.45, 2.75) is 45.3 Å². The molecule has 110 valence electrons. The van der Waals surface area contributed by atoms with E-state index < -0.39 is 28.4 Å². The Morgan fingerprint density at radius 3 is 2.58 bits per heavy atom. The maximum atomic E-state index is 11.7. The second-order valence-corrected chi connectivity index (χ2v) is 6.22. The number of nitrogens with one attached hydrogen (secondary N) is 3. The van der Waals surface area contributed by atoms with Gasteiger partial charge < -0.3 is 10.5 Å². The van der Waals surface area contributed by atoms with Crippen molar-refractivity contribution in [1.29, 1.82) is 5.41 Å². The number of nitrogens with two attached hydrogens (primary N) is 1. The van der Waals surface area contributed by atoms with Crippen LogP contribution >= 0.6 is 0 Å². The van der Waals surface area contributed by atoms with E-state index in [1.807, 2.05) is 0 Å². The maximum Gasteiger partial charge on any atom is 0.422 e. The van der Waals surface area contributed by atoms with Crippen molar-refractivity contribution in [2.24, 2.45) is 11.7 Å². The number of amidine groups is 1. The zero-order valence-corrected chi connectivity index (χ0v) is 11.8. The Morgan fingerprint density at radius 2 is 2.05 bits per heavy atom. The van der Waals surface area contributed by atoms with Crippen LogP contribution in [0.15, 0.2) is 0 Å². The summed E-state index contributed by atoms with van der Waals surface area (Å²) >= 11 is 0. The van der Waals surface area contributed by atoms with Crippen LogP contribution in [0.1, 0.15) is 33.1 Å². The van der Waals surface area contributed by atoms with Gasteiger partial charge in [0.25, 0.3) is 0 Å². The highest BCUT2D eigenvalue weighted by Crippen LogP contribution is 2.25. The Kier molecular flexibility index (Phi) is 5.12. The fraction of sp³-hybridized carbons (Fsp3) is 0.800. The minimum atomic E-state index is -4.00. The van der Waals surface area contributed by atoms with Gasteiger partial charge in [-0.1, -0.05) is 6.42 Å². The van der Waals surface area contributed by atoms with Crippen molar-refractivity contribution in [3.63, 3.8) is 0 Å². The molecule has 0 aromatic carbocycles. The molecule has 2 atom stereocenters. The van der Waals surface area contributed by atoms with Crippen molar-refractivity contribution in [3.8, 4) is 0 Å². The van der Waals surface area contributed by atoms with Crippen molar-refractivity contribution < 1.29 is 17.9 Å². The summed E-state index contributed by atoms with van der Waals surface area (Å²) in [6, 6.07) is -0.457. The molecule has 0 bridgehead atoms. The Labute approximate surface area is 112 Å². The van der Waals surface area contributed by atoms with Gasteiger partial charge in [-0.05, 0) is 26.7 Å². The van der Waals surface area contributed by atoms with E-state index in [9.17, 15) is 13.2 Å². The molecule has 0 aromatic heterocycles. The first kappa shape index (κ1) is 15.7. The molecule has 2 unspecified atom stereocenters. The van der Waals surface area contributed by atoms with Crippen molar-refractivity contribution >= 4 is 22.1 Å². The topological polar surface area (TPSA) is 134 Å². The summed E-state index contributed by atoms with van der Waals surface area (Å²) in [6.45, 7) is 3.23. The first-order valence-corrected chi connectivity index (χ1v) is 7.54. The van der Waals surface area contributed by atoms with Crippen LogP contribution in [0.5, 0.6) is 0 Å². The molecule has 1 fully saturated rings. The molecule has 1 rings (SSSR count). The normalized spacial score (nSPS) is 23.3. The molecule has 5 N–H and O–H groups in total. The van der Waals surface area contributed by atoms with Gasteiger partial charge in [0.15, 0.2) is 0 Å². The van der Waals surface area contributed by atoms with Gasteiger partial charge >= 0.3 is 16.3 Å². The van der Waals surface area contributed by atoms with Crippen LogP contribution in [0.25, 0.3) is 0 Å². The molecule has 0 radical (unpaired) electrons. The summed E-state index contributed by atoms with van der Waals surface area (Å²) in [7, 11) is -4.00. The highest BCUT2D eigenvalue weighted by Gasteiger charge is 2.33. The Balaban J connectivity index is 2.59. The molecule has 19 heavy (non-hydrogen) atoms. The first-order chi connectivity index (χ1) is 8.71. The number of carbonyl (C=O) groups excluding carboxylic acids is 1. The number of carbonyl (C=O) groups is 1. The maximum absolute atomic E-state index is 11.7. The van der Waals surface area contributed by atoms with Crippen LogP contribution in [0.4, 0.5) is 4.79 Å². The lowest BCUT2D eigenvalue weighted by molar-refractivity contribution is 0.121. The van der Waals surface area contributed by atoms with Gasteiger partial charge in [0.05, 0.1) is 11.9 Å². The van der Waals surface area contributed by atoms with E-state index in [4.69, 9.17) is 11.1 Å². The minimum absolute atomic E-state index is 0.0463. The predicted molar refractivity (Wildman–Crippen MR) is 69.9 cm³/mol. The highest BCUT2D eigenvalue weighted by molar-refractivity contribution is 7.88. The van der Waals surface area contributed by atoms with Crippen LogP contribution in [0.3, 0.4) is 0 Å². The molecule has 0 aliphatic heterocycles. The van der Waals surface area contributed by atoms with Crippen LogP contribution in [-0.4, -0.2) is 32.5 Å². The second-order valence-electron chi connectivity index (χ2n) is 4.78. The van der Waals surface area contributed by atoms with Crippen molar-refractivity contribution in [2.75, 3.05) is 0 Å². The fourth-order valence-corrected chi connectivity index (χ4v) is 3.06. The van der Waals surface area contributed by atoms with Gasteiger partial charge in [-0.2, -0.15) is 13.1 Å². The molecule has 0 aromatic rings. The van der Waals surface area contributed by atoms with Crippen molar-refractivity contribution in [1.82, 2.24) is 9.44 Å². The number of hydrogen-bond acceptors (Lipinski definition) is 5. The van der Waals surface area contributed by atoms with Gasteiger partial charge in [0.1, 0.15) is 0 Å². The Bertz CT molecular complexity index is 448. The number of amides is 1. The van der Waals surface area contributed by atoms with E-state index in [1.54, 1.807) is 18.6 Å². The fourth-order valence-electron chi connectivity index (χ4n) is 2.05. The molecule has 1 aliphatic carbocycles. The summed E-state index contributed by atoms with van der Waals surface area (Å²) in [4.78, 5) is 11.2. The van der Waals surface area contributed by atoms with E-state index in [0.29, 0.717) is 12.8 Å². The largest absolute Gasteiger partial charge is 0.446 e. The molecule has 1 saturated carbocycles. The molecule has 1 aliphatic rings.